The molecule has 0 aliphatic rings. The number of hydrogen-bond acceptors (Lipinski definition) is 4. The van der Waals surface area contributed by atoms with Gasteiger partial charge in [-0.1, -0.05) is 12.1 Å². The lowest BCUT2D eigenvalue weighted by molar-refractivity contribution is 0.0938. The average Bonchev–Trinajstić information content (AvgIpc) is 2.56. The zero-order valence-electron chi connectivity index (χ0n) is 11.9. The van der Waals surface area contributed by atoms with Crippen molar-refractivity contribution >= 4 is 11.6 Å². The SMILES string of the molecule is C[C@@H](NC(=O)c1cnc2ccccn2c1=O)c1cccnc1. The second kappa shape index (κ2) is 5.77. The van der Waals surface area contributed by atoms with Crippen LogP contribution in [0.3, 0.4) is 0 Å². The number of rotatable bonds is 3. The Bertz CT molecular complexity index is 874. The fraction of sp³-hybridized carbons (Fsp3) is 0.125. The minimum atomic E-state index is -0.452. The van der Waals surface area contributed by atoms with Crippen LogP contribution in [0, 0.1) is 0 Å². The van der Waals surface area contributed by atoms with Gasteiger partial charge < -0.3 is 5.32 Å². The molecule has 0 fully saturated rings. The molecule has 0 aliphatic heterocycles. The molecule has 0 radical (unpaired) electrons. The van der Waals surface area contributed by atoms with Gasteiger partial charge in [-0.2, -0.15) is 0 Å². The molecule has 3 aromatic heterocycles. The molecular formula is C16H14N4O2. The number of nitrogens with one attached hydrogen (secondary N) is 1. The van der Waals surface area contributed by atoms with Gasteiger partial charge in [-0.3, -0.25) is 19.0 Å². The summed E-state index contributed by atoms with van der Waals surface area (Å²) in [5.74, 6) is -0.452. The molecule has 3 heterocycles. The minimum Gasteiger partial charge on any atom is -0.345 e. The molecule has 6 nitrogen and oxygen atoms in total. The summed E-state index contributed by atoms with van der Waals surface area (Å²) >= 11 is 0. The molecule has 0 spiro atoms. The van der Waals surface area contributed by atoms with E-state index in [-0.39, 0.29) is 17.2 Å². The highest BCUT2D eigenvalue weighted by atomic mass is 16.2. The molecule has 1 N–H and O–H groups in total. The Labute approximate surface area is 126 Å². The highest BCUT2D eigenvalue weighted by molar-refractivity contribution is 5.94. The lowest BCUT2D eigenvalue weighted by Gasteiger charge is -2.13. The van der Waals surface area contributed by atoms with Crippen LogP contribution in [0.1, 0.15) is 28.9 Å². The van der Waals surface area contributed by atoms with Crippen molar-refractivity contribution in [2.24, 2.45) is 0 Å². The highest BCUT2D eigenvalue weighted by Gasteiger charge is 2.16. The number of fused-ring (bicyclic) bond motifs is 1. The Hall–Kier alpha value is -3.02. The van der Waals surface area contributed by atoms with Crippen molar-refractivity contribution in [3.63, 3.8) is 0 Å². The molecule has 0 aromatic carbocycles. The third-order valence-electron chi connectivity index (χ3n) is 3.39. The van der Waals surface area contributed by atoms with Gasteiger partial charge in [-0.15, -0.1) is 0 Å². The summed E-state index contributed by atoms with van der Waals surface area (Å²) in [5, 5.41) is 2.79. The number of amides is 1. The van der Waals surface area contributed by atoms with Crippen molar-refractivity contribution in [3.8, 4) is 0 Å². The molecule has 110 valence electrons. The zero-order valence-corrected chi connectivity index (χ0v) is 11.9. The van der Waals surface area contributed by atoms with Crippen molar-refractivity contribution in [3.05, 3.63) is 76.6 Å². The largest absolute Gasteiger partial charge is 0.345 e. The average molecular weight is 294 g/mol. The van der Waals surface area contributed by atoms with Gasteiger partial charge in [0.05, 0.1) is 6.04 Å². The van der Waals surface area contributed by atoms with Crippen LogP contribution in [0.2, 0.25) is 0 Å². The minimum absolute atomic E-state index is 0.0134. The first-order valence-corrected chi connectivity index (χ1v) is 6.84. The standard InChI is InChI=1S/C16H14N4O2/c1-11(12-5-4-7-17-9-12)19-15(21)13-10-18-14-6-2-3-8-20(14)16(13)22/h2-11H,1H3,(H,19,21)/t11-/m1/s1. The van der Waals surface area contributed by atoms with Crippen LogP contribution in [-0.2, 0) is 0 Å². The Kier molecular flexibility index (Phi) is 3.65. The van der Waals surface area contributed by atoms with E-state index >= 15 is 0 Å². The van der Waals surface area contributed by atoms with Crippen LogP contribution in [-0.4, -0.2) is 20.3 Å². The van der Waals surface area contributed by atoms with Crippen molar-refractivity contribution in [2.45, 2.75) is 13.0 Å². The fourth-order valence-corrected chi connectivity index (χ4v) is 2.17. The maximum absolute atomic E-state index is 12.3. The summed E-state index contributed by atoms with van der Waals surface area (Å²) in [6.07, 6.45) is 6.24. The Morgan fingerprint density at radius 1 is 1.23 bits per heavy atom. The molecule has 0 aliphatic carbocycles. The summed E-state index contributed by atoms with van der Waals surface area (Å²) in [4.78, 5) is 32.8. The van der Waals surface area contributed by atoms with E-state index in [4.69, 9.17) is 0 Å². The molecular weight excluding hydrogens is 280 g/mol. The van der Waals surface area contributed by atoms with Crippen LogP contribution in [0.4, 0.5) is 0 Å². The van der Waals surface area contributed by atoms with Crippen LogP contribution in [0.25, 0.3) is 5.65 Å². The third-order valence-corrected chi connectivity index (χ3v) is 3.39. The van der Waals surface area contributed by atoms with Gasteiger partial charge >= 0.3 is 0 Å². The Balaban J connectivity index is 1.90. The predicted octanol–water partition coefficient (Wildman–Crippen LogP) is 1.58. The second-order valence-corrected chi connectivity index (χ2v) is 4.89. The van der Waals surface area contributed by atoms with E-state index in [0.29, 0.717) is 5.65 Å². The van der Waals surface area contributed by atoms with Crippen LogP contribution < -0.4 is 10.9 Å². The molecule has 0 saturated heterocycles. The van der Waals surface area contributed by atoms with Crippen LogP contribution >= 0.6 is 0 Å². The molecule has 22 heavy (non-hydrogen) atoms. The first-order chi connectivity index (χ1) is 10.7. The van der Waals surface area contributed by atoms with E-state index in [2.05, 4.69) is 15.3 Å². The lowest BCUT2D eigenvalue weighted by atomic mass is 10.1. The number of aromatic nitrogens is 3. The maximum atomic E-state index is 12.3. The van der Waals surface area contributed by atoms with Crippen molar-refractivity contribution in [1.82, 2.24) is 19.7 Å². The zero-order chi connectivity index (χ0) is 15.5. The maximum Gasteiger partial charge on any atom is 0.270 e. The van der Waals surface area contributed by atoms with Crippen LogP contribution in [0.5, 0.6) is 0 Å². The van der Waals surface area contributed by atoms with Crippen molar-refractivity contribution < 1.29 is 4.79 Å². The third kappa shape index (κ3) is 2.58. The van der Waals surface area contributed by atoms with Gasteiger partial charge in [-0.25, -0.2) is 4.98 Å². The summed E-state index contributed by atoms with van der Waals surface area (Å²) in [7, 11) is 0. The van der Waals surface area contributed by atoms with Gasteiger partial charge in [0.25, 0.3) is 11.5 Å². The number of hydrogen-bond donors (Lipinski definition) is 1. The summed E-state index contributed by atoms with van der Waals surface area (Å²) in [6, 6.07) is 8.62. The molecule has 1 atom stereocenters. The van der Waals surface area contributed by atoms with Gasteiger partial charge in [-0.05, 0) is 30.7 Å². The topological polar surface area (TPSA) is 76.4 Å². The highest BCUT2D eigenvalue weighted by Crippen LogP contribution is 2.10. The van der Waals surface area contributed by atoms with Crippen molar-refractivity contribution in [2.75, 3.05) is 0 Å². The summed E-state index contributed by atoms with van der Waals surface area (Å²) in [5.41, 5.74) is 0.995. The van der Waals surface area contributed by atoms with E-state index in [1.165, 1.54) is 10.6 Å². The molecule has 6 heteroatoms. The molecule has 0 bridgehead atoms. The van der Waals surface area contributed by atoms with Gasteiger partial charge in [0.1, 0.15) is 11.2 Å². The van der Waals surface area contributed by atoms with Gasteiger partial charge in [0.2, 0.25) is 0 Å². The summed E-state index contributed by atoms with van der Waals surface area (Å²) in [6.45, 7) is 1.83. The first kappa shape index (κ1) is 13.9. The van der Waals surface area contributed by atoms with Gasteiger partial charge in [0.15, 0.2) is 0 Å². The van der Waals surface area contributed by atoms with E-state index in [9.17, 15) is 9.59 Å². The second-order valence-electron chi connectivity index (χ2n) is 4.89. The molecule has 0 unspecified atom stereocenters. The molecule has 1 amide bonds. The number of carbonyl (C=O) groups excluding carboxylic acids is 1. The lowest BCUT2D eigenvalue weighted by Crippen LogP contribution is -2.33. The smallest absolute Gasteiger partial charge is 0.270 e. The quantitative estimate of drug-likeness (QED) is 0.795. The number of carbonyl (C=O) groups is 1. The monoisotopic (exact) mass is 294 g/mol. The summed E-state index contributed by atoms with van der Waals surface area (Å²) < 4.78 is 1.35. The fourth-order valence-electron chi connectivity index (χ4n) is 2.17. The van der Waals surface area contributed by atoms with E-state index in [1.807, 2.05) is 13.0 Å². The first-order valence-electron chi connectivity index (χ1n) is 6.84. The number of nitrogens with zero attached hydrogens (tertiary/aromatic N) is 3. The predicted molar refractivity (Wildman–Crippen MR) is 81.6 cm³/mol. The van der Waals surface area contributed by atoms with Gasteiger partial charge in [0, 0.05) is 24.8 Å². The van der Waals surface area contributed by atoms with Crippen molar-refractivity contribution in [1.29, 1.82) is 0 Å². The Morgan fingerprint density at radius 3 is 2.86 bits per heavy atom. The normalized spacial score (nSPS) is 12.0. The molecule has 3 aromatic rings. The van der Waals surface area contributed by atoms with Crippen LogP contribution in [0.15, 0.2) is 59.9 Å². The van der Waals surface area contributed by atoms with E-state index in [0.717, 1.165) is 5.56 Å². The Morgan fingerprint density at radius 2 is 2.09 bits per heavy atom. The van der Waals surface area contributed by atoms with E-state index in [1.54, 1.807) is 42.9 Å². The number of pyridine rings is 2. The van der Waals surface area contributed by atoms with E-state index < -0.39 is 5.91 Å². The molecule has 3 rings (SSSR count). The molecule has 0 saturated carbocycles.